The average Bonchev–Trinajstić information content (AvgIpc) is 2.21. The second-order valence-corrected chi connectivity index (χ2v) is 4.19. The van der Waals surface area contributed by atoms with Crippen molar-refractivity contribution in [1.29, 1.82) is 0 Å². The van der Waals surface area contributed by atoms with E-state index in [2.05, 4.69) is 32.7 Å². The lowest BCUT2D eigenvalue weighted by molar-refractivity contribution is 0.785. The minimum absolute atomic E-state index is 0.685. The molecule has 0 N–H and O–H groups in total. The van der Waals surface area contributed by atoms with Gasteiger partial charge in [0.2, 0.25) is 0 Å². The zero-order valence-corrected chi connectivity index (χ0v) is 10.6. The van der Waals surface area contributed by atoms with Crippen LogP contribution in [0.5, 0.6) is 0 Å². The molecule has 0 radical (unpaired) electrons. The molecule has 1 aromatic heterocycles. The lowest BCUT2D eigenvalue weighted by Gasteiger charge is -2.21. The van der Waals surface area contributed by atoms with Crippen LogP contribution in [0.4, 0.5) is 5.82 Å². The molecule has 2 nitrogen and oxygen atoms in total. The summed E-state index contributed by atoms with van der Waals surface area (Å²) in [5, 5.41) is 1.71. The topological polar surface area (TPSA) is 16.1 Å². The highest BCUT2D eigenvalue weighted by Crippen LogP contribution is 2.14. The van der Waals surface area contributed by atoms with Crippen LogP contribution < -0.4 is 4.90 Å². The van der Waals surface area contributed by atoms with Crippen LogP contribution in [0.1, 0.15) is 13.3 Å². The van der Waals surface area contributed by atoms with E-state index < -0.39 is 0 Å². The third kappa shape index (κ3) is 3.46. The van der Waals surface area contributed by atoms with Gasteiger partial charge in [0.1, 0.15) is 5.82 Å². The highest BCUT2D eigenvalue weighted by Gasteiger charge is 2.03. The van der Waals surface area contributed by atoms with E-state index in [1.165, 1.54) is 0 Å². The molecule has 78 valence electrons. The lowest BCUT2D eigenvalue weighted by Crippen LogP contribution is -2.24. The van der Waals surface area contributed by atoms with Crippen LogP contribution in [0.15, 0.2) is 18.3 Å². The van der Waals surface area contributed by atoms with Crippen LogP contribution >= 0.6 is 27.5 Å². The molecule has 0 amide bonds. The monoisotopic (exact) mass is 276 g/mol. The minimum Gasteiger partial charge on any atom is -0.357 e. The lowest BCUT2D eigenvalue weighted by atomic mass is 10.3. The van der Waals surface area contributed by atoms with Gasteiger partial charge >= 0.3 is 0 Å². The van der Waals surface area contributed by atoms with Crippen molar-refractivity contribution >= 4 is 33.3 Å². The molecule has 1 heterocycles. The minimum atomic E-state index is 0.685. The van der Waals surface area contributed by atoms with Crippen LogP contribution in [0.25, 0.3) is 0 Å². The number of anilines is 1. The maximum Gasteiger partial charge on any atom is 0.128 e. The molecule has 0 unspecified atom stereocenters. The molecule has 0 bridgehead atoms. The Labute approximate surface area is 98.4 Å². The van der Waals surface area contributed by atoms with Crippen LogP contribution in [-0.2, 0) is 0 Å². The molecule has 1 rings (SSSR count). The van der Waals surface area contributed by atoms with Crippen molar-refractivity contribution in [3.63, 3.8) is 0 Å². The van der Waals surface area contributed by atoms with Crippen LogP contribution in [0.2, 0.25) is 5.02 Å². The predicted octanol–water partition coefficient (Wildman–Crippen LogP) is 3.35. The Morgan fingerprint density at radius 2 is 2.29 bits per heavy atom. The van der Waals surface area contributed by atoms with Gasteiger partial charge in [-0.05, 0) is 25.5 Å². The Balaban J connectivity index is 2.64. The van der Waals surface area contributed by atoms with Gasteiger partial charge in [0, 0.05) is 24.6 Å². The molecule has 0 atom stereocenters. The van der Waals surface area contributed by atoms with Crippen LogP contribution in [0, 0.1) is 0 Å². The number of aromatic nitrogens is 1. The molecule has 0 aliphatic carbocycles. The first-order valence-electron chi connectivity index (χ1n) is 4.70. The zero-order valence-electron chi connectivity index (χ0n) is 8.21. The number of pyridine rings is 1. The maximum absolute atomic E-state index is 5.78. The van der Waals surface area contributed by atoms with Gasteiger partial charge in [0.15, 0.2) is 0 Å². The number of nitrogens with zero attached hydrogens (tertiary/aromatic N) is 2. The third-order valence-corrected chi connectivity index (χ3v) is 2.76. The second-order valence-electron chi connectivity index (χ2n) is 2.96. The molecular formula is C10H14BrClN2. The normalized spacial score (nSPS) is 10.2. The van der Waals surface area contributed by atoms with Gasteiger partial charge in [-0.25, -0.2) is 4.98 Å². The molecule has 0 aliphatic heterocycles. The molecule has 0 aromatic carbocycles. The van der Waals surface area contributed by atoms with Crippen molar-refractivity contribution in [2.75, 3.05) is 23.3 Å². The van der Waals surface area contributed by atoms with E-state index in [0.29, 0.717) is 5.02 Å². The molecule has 0 aliphatic rings. The molecular weight excluding hydrogens is 263 g/mol. The second kappa shape index (κ2) is 6.25. The van der Waals surface area contributed by atoms with E-state index >= 15 is 0 Å². The van der Waals surface area contributed by atoms with Gasteiger partial charge in [-0.3, -0.25) is 0 Å². The average molecular weight is 278 g/mol. The Morgan fingerprint density at radius 3 is 2.79 bits per heavy atom. The quantitative estimate of drug-likeness (QED) is 0.767. The van der Waals surface area contributed by atoms with Gasteiger partial charge < -0.3 is 4.90 Å². The smallest absolute Gasteiger partial charge is 0.128 e. The zero-order chi connectivity index (χ0) is 10.4. The number of rotatable bonds is 5. The summed E-state index contributed by atoms with van der Waals surface area (Å²) in [7, 11) is 0. The molecule has 0 saturated carbocycles. The Hall–Kier alpha value is -0.280. The Kier molecular flexibility index (Phi) is 5.26. The van der Waals surface area contributed by atoms with Crippen molar-refractivity contribution in [3.8, 4) is 0 Å². The third-order valence-electron chi connectivity index (χ3n) is 1.98. The van der Waals surface area contributed by atoms with E-state index in [0.717, 1.165) is 30.7 Å². The fraction of sp³-hybridized carbons (Fsp3) is 0.500. The molecule has 0 fully saturated rings. The predicted molar refractivity (Wildman–Crippen MR) is 65.5 cm³/mol. The largest absolute Gasteiger partial charge is 0.357 e. The summed E-state index contributed by atoms with van der Waals surface area (Å²) < 4.78 is 0. The van der Waals surface area contributed by atoms with Gasteiger partial charge in [0.25, 0.3) is 0 Å². The first-order chi connectivity index (χ1) is 6.77. The highest BCUT2D eigenvalue weighted by molar-refractivity contribution is 9.09. The van der Waals surface area contributed by atoms with E-state index in [9.17, 15) is 0 Å². The van der Waals surface area contributed by atoms with Crippen molar-refractivity contribution in [1.82, 2.24) is 4.98 Å². The van der Waals surface area contributed by atoms with E-state index in [-0.39, 0.29) is 0 Å². The Bertz CT molecular complexity index is 263. The molecule has 0 saturated heterocycles. The summed E-state index contributed by atoms with van der Waals surface area (Å²) in [4.78, 5) is 6.51. The standard InChI is InChI=1S/C10H14BrClN2/c1-2-14(7-3-6-11)10-5-4-9(12)8-13-10/h4-5,8H,2-3,6-7H2,1H3. The van der Waals surface area contributed by atoms with Crippen molar-refractivity contribution in [2.24, 2.45) is 0 Å². The summed E-state index contributed by atoms with van der Waals surface area (Å²) >= 11 is 9.20. The van der Waals surface area contributed by atoms with Crippen molar-refractivity contribution < 1.29 is 0 Å². The molecule has 1 aromatic rings. The van der Waals surface area contributed by atoms with Crippen LogP contribution in [-0.4, -0.2) is 23.4 Å². The Morgan fingerprint density at radius 1 is 1.50 bits per heavy atom. The van der Waals surface area contributed by atoms with Gasteiger partial charge in [0.05, 0.1) is 5.02 Å². The maximum atomic E-state index is 5.78. The summed E-state index contributed by atoms with van der Waals surface area (Å²) in [6, 6.07) is 3.83. The summed E-state index contributed by atoms with van der Waals surface area (Å²) in [6.07, 6.45) is 2.81. The molecule has 0 spiro atoms. The summed E-state index contributed by atoms with van der Waals surface area (Å²) in [6.45, 7) is 4.13. The van der Waals surface area contributed by atoms with Gasteiger partial charge in [-0.1, -0.05) is 27.5 Å². The van der Waals surface area contributed by atoms with Crippen LogP contribution in [0.3, 0.4) is 0 Å². The van der Waals surface area contributed by atoms with Crippen molar-refractivity contribution in [2.45, 2.75) is 13.3 Å². The number of halogens is 2. The summed E-state index contributed by atoms with van der Waals surface area (Å²) in [5.41, 5.74) is 0. The van der Waals surface area contributed by atoms with E-state index in [4.69, 9.17) is 11.6 Å². The van der Waals surface area contributed by atoms with E-state index in [1.807, 2.05) is 12.1 Å². The fourth-order valence-corrected chi connectivity index (χ4v) is 1.60. The number of hydrogen-bond acceptors (Lipinski definition) is 2. The van der Waals surface area contributed by atoms with Crippen molar-refractivity contribution in [3.05, 3.63) is 23.4 Å². The SMILES string of the molecule is CCN(CCCBr)c1ccc(Cl)cn1. The molecule has 4 heteroatoms. The first-order valence-corrected chi connectivity index (χ1v) is 6.20. The first kappa shape index (κ1) is 11.8. The summed E-state index contributed by atoms with van der Waals surface area (Å²) in [5.74, 6) is 0.998. The van der Waals surface area contributed by atoms with E-state index in [1.54, 1.807) is 6.20 Å². The fourth-order valence-electron chi connectivity index (χ4n) is 1.24. The number of alkyl halides is 1. The number of hydrogen-bond donors (Lipinski definition) is 0. The molecule has 14 heavy (non-hydrogen) atoms. The van der Waals surface area contributed by atoms with Gasteiger partial charge in [-0.2, -0.15) is 0 Å². The van der Waals surface area contributed by atoms with Gasteiger partial charge in [-0.15, -0.1) is 0 Å². The highest BCUT2D eigenvalue weighted by atomic mass is 79.9.